The molecule has 0 aliphatic carbocycles. The highest BCUT2D eigenvalue weighted by molar-refractivity contribution is 7.09. The van der Waals surface area contributed by atoms with E-state index in [4.69, 9.17) is 4.74 Å². The van der Waals surface area contributed by atoms with Crippen LogP contribution in [0.3, 0.4) is 0 Å². The Balaban J connectivity index is 1.90. The number of thiophene rings is 1. The molecule has 0 atom stereocenters. The van der Waals surface area contributed by atoms with Gasteiger partial charge in [-0.15, -0.1) is 11.3 Å². The second kappa shape index (κ2) is 7.05. The summed E-state index contributed by atoms with van der Waals surface area (Å²) in [6, 6.07) is 8.24. The summed E-state index contributed by atoms with van der Waals surface area (Å²) in [7, 11) is 0. The molecule has 0 saturated carbocycles. The lowest BCUT2D eigenvalue weighted by Gasteiger charge is -2.07. The predicted molar refractivity (Wildman–Crippen MR) is 77.9 cm³/mol. The molecule has 5 heteroatoms. The van der Waals surface area contributed by atoms with E-state index in [0.717, 1.165) is 6.42 Å². The normalized spacial score (nSPS) is 10.3. The van der Waals surface area contributed by atoms with Crippen LogP contribution >= 0.6 is 11.3 Å². The summed E-state index contributed by atoms with van der Waals surface area (Å²) in [5.74, 6) is -0.621. The summed E-state index contributed by atoms with van der Waals surface area (Å²) in [6.45, 7) is 2.71. The molecule has 1 N–H and O–H groups in total. The number of halogens is 1. The minimum atomic E-state index is -0.516. The van der Waals surface area contributed by atoms with Gasteiger partial charge in [0, 0.05) is 17.0 Å². The molecule has 106 valence electrons. The van der Waals surface area contributed by atoms with Crippen LogP contribution in [-0.2, 0) is 6.42 Å². The Morgan fingerprint density at radius 1 is 1.40 bits per heavy atom. The van der Waals surface area contributed by atoms with E-state index in [1.807, 2.05) is 17.5 Å². The number of carbonyl (C=O) groups excluding carboxylic acids is 1. The molecule has 0 fully saturated rings. The zero-order valence-electron chi connectivity index (χ0n) is 11.2. The number of benzene rings is 1. The minimum Gasteiger partial charge on any atom is -0.491 e. The summed E-state index contributed by atoms with van der Waals surface area (Å²) in [4.78, 5) is 13.1. The Labute approximate surface area is 121 Å². The van der Waals surface area contributed by atoms with Gasteiger partial charge in [-0.1, -0.05) is 6.07 Å². The standard InChI is InChI=1S/C15H16FNO2S/c1-2-19-14-6-5-11(10-13(14)16)15(18)17-8-7-12-4-3-9-20-12/h3-6,9-10H,2,7-8H2,1H3,(H,17,18). The Hall–Kier alpha value is -1.88. The second-order valence-corrected chi connectivity index (χ2v) is 5.20. The monoisotopic (exact) mass is 293 g/mol. The van der Waals surface area contributed by atoms with Crippen molar-refractivity contribution in [3.63, 3.8) is 0 Å². The zero-order valence-corrected chi connectivity index (χ0v) is 12.0. The van der Waals surface area contributed by atoms with E-state index in [2.05, 4.69) is 5.32 Å². The van der Waals surface area contributed by atoms with Crippen molar-refractivity contribution < 1.29 is 13.9 Å². The molecule has 0 bridgehead atoms. The molecule has 0 aliphatic rings. The fourth-order valence-electron chi connectivity index (χ4n) is 1.77. The van der Waals surface area contributed by atoms with Gasteiger partial charge in [0.15, 0.2) is 11.6 Å². The lowest BCUT2D eigenvalue weighted by molar-refractivity contribution is 0.0953. The van der Waals surface area contributed by atoms with Gasteiger partial charge >= 0.3 is 0 Å². The Morgan fingerprint density at radius 3 is 2.90 bits per heavy atom. The molecule has 3 nitrogen and oxygen atoms in total. The number of hydrogen-bond donors (Lipinski definition) is 1. The van der Waals surface area contributed by atoms with Gasteiger partial charge in [-0.2, -0.15) is 0 Å². The van der Waals surface area contributed by atoms with Crippen LogP contribution in [0.4, 0.5) is 4.39 Å². The van der Waals surface area contributed by atoms with Crippen LogP contribution in [0.25, 0.3) is 0 Å². The molecule has 1 aromatic heterocycles. The van der Waals surface area contributed by atoms with Crippen molar-refractivity contribution >= 4 is 17.2 Å². The van der Waals surface area contributed by atoms with Gasteiger partial charge < -0.3 is 10.1 Å². The first kappa shape index (κ1) is 14.5. The van der Waals surface area contributed by atoms with Gasteiger partial charge in [0.25, 0.3) is 5.91 Å². The number of ether oxygens (including phenoxy) is 1. The Morgan fingerprint density at radius 2 is 2.25 bits per heavy atom. The maximum absolute atomic E-state index is 13.6. The van der Waals surface area contributed by atoms with Crippen molar-refractivity contribution in [1.29, 1.82) is 0 Å². The number of hydrogen-bond acceptors (Lipinski definition) is 3. The smallest absolute Gasteiger partial charge is 0.251 e. The molecule has 0 unspecified atom stereocenters. The highest BCUT2D eigenvalue weighted by Gasteiger charge is 2.10. The topological polar surface area (TPSA) is 38.3 Å². The first-order chi connectivity index (χ1) is 9.70. The van der Waals surface area contributed by atoms with Crippen LogP contribution in [0.2, 0.25) is 0 Å². The van der Waals surface area contributed by atoms with Crippen LogP contribution < -0.4 is 10.1 Å². The molecule has 2 rings (SSSR count). The summed E-state index contributed by atoms with van der Waals surface area (Å²) in [5.41, 5.74) is 0.303. The molecule has 0 spiro atoms. The van der Waals surface area contributed by atoms with E-state index < -0.39 is 5.82 Å². The first-order valence-electron chi connectivity index (χ1n) is 6.43. The minimum absolute atomic E-state index is 0.169. The lowest BCUT2D eigenvalue weighted by Crippen LogP contribution is -2.25. The van der Waals surface area contributed by atoms with Crippen LogP contribution in [0.5, 0.6) is 5.75 Å². The average Bonchev–Trinajstić information content (AvgIpc) is 2.94. The molecule has 0 aliphatic heterocycles. The van der Waals surface area contributed by atoms with Crippen molar-refractivity contribution in [3.8, 4) is 5.75 Å². The van der Waals surface area contributed by atoms with Crippen LogP contribution in [0.1, 0.15) is 22.2 Å². The molecule has 0 saturated heterocycles. The molecular weight excluding hydrogens is 277 g/mol. The highest BCUT2D eigenvalue weighted by Crippen LogP contribution is 2.18. The second-order valence-electron chi connectivity index (χ2n) is 4.16. The molecule has 2 aromatic rings. The molecule has 1 aromatic carbocycles. The number of rotatable bonds is 6. The summed E-state index contributed by atoms with van der Waals surface area (Å²) in [5, 5.41) is 4.78. The quantitative estimate of drug-likeness (QED) is 0.888. The largest absolute Gasteiger partial charge is 0.491 e. The summed E-state index contributed by atoms with van der Waals surface area (Å²) < 4.78 is 18.7. The van der Waals surface area contributed by atoms with Gasteiger partial charge in [0.1, 0.15) is 0 Å². The van der Waals surface area contributed by atoms with Crippen molar-refractivity contribution in [2.75, 3.05) is 13.2 Å². The van der Waals surface area contributed by atoms with E-state index in [1.54, 1.807) is 24.3 Å². The summed E-state index contributed by atoms with van der Waals surface area (Å²) >= 11 is 1.65. The third-order valence-electron chi connectivity index (χ3n) is 2.73. The van der Waals surface area contributed by atoms with Crippen LogP contribution in [0.15, 0.2) is 35.7 Å². The molecule has 1 heterocycles. The molecular formula is C15H16FNO2S. The van der Waals surface area contributed by atoms with Crippen molar-refractivity contribution in [1.82, 2.24) is 5.32 Å². The van der Waals surface area contributed by atoms with Crippen LogP contribution in [-0.4, -0.2) is 19.1 Å². The first-order valence-corrected chi connectivity index (χ1v) is 7.31. The third kappa shape index (κ3) is 3.81. The zero-order chi connectivity index (χ0) is 14.4. The van der Waals surface area contributed by atoms with Gasteiger partial charge in [-0.05, 0) is 43.0 Å². The molecule has 20 heavy (non-hydrogen) atoms. The van der Waals surface area contributed by atoms with Gasteiger partial charge in [0.2, 0.25) is 0 Å². The Kier molecular flexibility index (Phi) is 5.12. The van der Waals surface area contributed by atoms with Gasteiger partial charge in [-0.25, -0.2) is 4.39 Å². The fraction of sp³-hybridized carbons (Fsp3) is 0.267. The predicted octanol–water partition coefficient (Wildman–Crippen LogP) is 3.26. The number of nitrogens with one attached hydrogen (secondary N) is 1. The van der Waals surface area contributed by atoms with E-state index in [9.17, 15) is 9.18 Å². The van der Waals surface area contributed by atoms with E-state index in [0.29, 0.717) is 18.7 Å². The molecule has 1 amide bonds. The SMILES string of the molecule is CCOc1ccc(C(=O)NCCc2cccs2)cc1F. The fourth-order valence-corrected chi connectivity index (χ4v) is 2.48. The number of carbonyl (C=O) groups is 1. The van der Waals surface area contributed by atoms with Crippen molar-refractivity contribution in [3.05, 3.63) is 52.0 Å². The number of amides is 1. The highest BCUT2D eigenvalue weighted by atomic mass is 32.1. The van der Waals surface area contributed by atoms with Gasteiger partial charge in [-0.3, -0.25) is 4.79 Å². The van der Waals surface area contributed by atoms with E-state index in [-0.39, 0.29) is 11.7 Å². The summed E-state index contributed by atoms with van der Waals surface area (Å²) in [6.07, 6.45) is 0.781. The van der Waals surface area contributed by atoms with E-state index in [1.165, 1.54) is 17.0 Å². The van der Waals surface area contributed by atoms with Crippen LogP contribution in [0, 0.1) is 5.82 Å². The third-order valence-corrected chi connectivity index (χ3v) is 3.67. The lowest BCUT2D eigenvalue weighted by atomic mass is 10.2. The van der Waals surface area contributed by atoms with Crippen molar-refractivity contribution in [2.24, 2.45) is 0 Å². The van der Waals surface area contributed by atoms with E-state index >= 15 is 0 Å². The van der Waals surface area contributed by atoms with Crippen molar-refractivity contribution in [2.45, 2.75) is 13.3 Å². The maximum Gasteiger partial charge on any atom is 0.251 e. The molecule has 0 radical (unpaired) electrons. The maximum atomic E-state index is 13.6. The van der Waals surface area contributed by atoms with Gasteiger partial charge in [0.05, 0.1) is 6.61 Å². The average molecular weight is 293 g/mol. The Bertz CT molecular complexity index is 569.